The largest absolute Gasteiger partial charge is 0.316 e. The number of fused-ring (bicyclic) bond motifs is 1. The molecule has 0 atom stereocenters. The molecule has 0 saturated carbocycles. The van der Waals surface area contributed by atoms with Crippen molar-refractivity contribution in [2.45, 2.75) is 18.7 Å². The number of aromatic amines is 2. The second-order valence-corrected chi connectivity index (χ2v) is 8.72. The van der Waals surface area contributed by atoms with Gasteiger partial charge in [0.1, 0.15) is 0 Å². The van der Waals surface area contributed by atoms with E-state index in [0.717, 1.165) is 16.7 Å². The van der Waals surface area contributed by atoms with Crippen LogP contribution >= 0.6 is 0 Å². The van der Waals surface area contributed by atoms with E-state index in [1.54, 1.807) is 19.1 Å². The Morgan fingerprint density at radius 1 is 0.767 bits per heavy atom. The molecule has 4 aromatic rings. The highest BCUT2D eigenvalue weighted by Gasteiger charge is 2.19. The minimum atomic E-state index is -3.92. The lowest BCUT2D eigenvalue weighted by Gasteiger charge is -2.13. The average Bonchev–Trinajstić information content (AvgIpc) is 2.69. The van der Waals surface area contributed by atoms with Crippen LogP contribution in [0, 0.1) is 13.8 Å². The highest BCUT2D eigenvalue weighted by Crippen LogP contribution is 2.28. The molecule has 1 aromatic heterocycles. The van der Waals surface area contributed by atoms with Crippen molar-refractivity contribution in [3.63, 3.8) is 0 Å². The normalized spacial score (nSPS) is 11.5. The first kappa shape index (κ1) is 19.7. The monoisotopic (exact) mass is 421 g/mol. The fourth-order valence-electron chi connectivity index (χ4n) is 3.42. The van der Waals surface area contributed by atoms with E-state index < -0.39 is 21.1 Å². The van der Waals surface area contributed by atoms with Gasteiger partial charge in [0.15, 0.2) is 0 Å². The second-order valence-electron chi connectivity index (χ2n) is 7.07. The summed E-state index contributed by atoms with van der Waals surface area (Å²) in [7, 11) is -3.92. The van der Waals surface area contributed by atoms with Crippen molar-refractivity contribution in [3.8, 4) is 11.1 Å². The molecule has 0 aliphatic heterocycles. The fraction of sp³-hybridized carbons (Fsp3) is 0.0909. The molecule has 3 aromatic carbocycles. The highest BCUT2D eigenvalue weighted by molar-refractivity contribution is 7.92. The SMILES string of the molecule is Cc1cc(NS(=O)(=O)c2cc3[nH]c(=O)c(=O)[nH]c3cc2C)ccc1-c1ccccc1. The Kier molecular flexibility index (Phi) is 4.79. The molecule has 3 N–H and O–H groups in total. The number of hydrogen-bond donors (Lipinski definition) is 3. The van der Waals surface area contributed by atoms with Crippen molar-refractivity contribution in [1.29, 1.82) is 0 Å². The Hall–Kier alpha value is -3.65. The topological polar surface area (TPSA) is 112 Å². The number of nitrogens with one attached hydrogen (secondary N) is 3. The molecular weight excluding hydrogens is 402 g/mol. The van der Waals surface area contributed by atoms with Gasteiger partial charge in [-0.15, -0.1) is 0 Å². The summed E-state index contributed by atoms with van der Waals surface area (Å²) >= 11 is 0. The third-order valence-electron chi connectivity index (χ3n) is 4.87. The summed E-state index contributed by atoms with van der Waals surface area (Å²) in [6.07, 6.45) is 0. The van der Waals surface area contributed by atoms with Crippen molar-refractivity contribution >= 4 is 26.7 Å². The van der Waals surface area contributed by atoms with Gasteiger partial charge in [0.25, 0.3) is 10.0 Å². The van der Waals surface area contributed by atoms with Crippen molar-refractivity contribution in [2.24, 2.45) is 0 Å². The summed E-state index contributed by atoms with van der Waals surface area (Å²) in [4.78, 5) is 28.0. The summed E-state index contributed by atoms with van der Waals surface area (Å²) < 4.78 is 28.6. The molecule has 0 aliphatic carbocycles. The molecule has 0 spiro atoms. The Morgan fingerprint density at radius 2 is 1.40 bits per heavy atom. The van der Waals surface area contributed by atoms with Crippen LogP contribution in [0.1, 0.15) is 11.1 Å². The summed E-state index contributed by atoms with van der Waals surface area (Å²) in [6, 6.07) is 18.1. The van der Waals surface area contributed by atoms with E-state index in [2.05, 4.69) is 14.7 Å². The van der Waals surface area contributed by atoms with Gasteiger partial charge >= 0.3 is 11.1 Å². The quantitative estimate of drug-likeness (QED) is 0.439. The van der Waals surface area contributed by atoms with Crippen LogP contribution in [-0.2, 0) is 10.0 Å². The van der Waals surface area contributed by atoms with Crippen molar-refractivity contribution in [1.82, 2.24) is 9.97 Å². The maximum absolute atomic E-state index is 13.0. The summed E-state index contributed by atoms with van der Waals surface area (Å²) in [5.74, 6) is 0. The molecule has 30 heavy (non-hydrogen) atoms. The lowest BCUT2D eigenvalue weighted by Crippen LogP contribution is -2.29. The van der Waals surface area contributed by atoms with Gasteiger partial charge in [0.05, 0.1) is 15.9 Å². The number of sulfonamides is 1. The van der Waals surface area contributed by atoms with Crippen LogP contribution < -0.4 is 15.8 Å². The molecule has 0 bridgehead atoms. The van der Waals surface area contributed by atoms with Gasteiger partial charge < -0.3 is 9.97 Å². The zero-order valence-corrected chi connectivity index (χ0v) is 17.1. The average molecular weight is 421 g/mol. The van der Waals surface area contributed by atoms with E-state index >= 15 is 0 Å². The zero-order chi connectivity index (χ0) is 21.5. The van der Waals surface area contributed by atoms with Gasteiger partial charge in [-0.1, -0.05) is 36.4 Å². The van der Waals surface area contributed by atoms with E-state index in [1.807, 2.05) is 43.3 Å². The molecule has 0 saturated heterocycles. The predicted octanol–water partition coefficient (Wildman–Crippen LogP) is 3.30. The smallest absolute Gasteiger partial charge is 0.314 e. The van der Waals surface area contributed by atoms with Crippen LogP contribution in [0.2, 0.25) is 0 Å². The molecule has 0 radical (unpaired) electrons. The molecule has 1 heterocycles. The van der Waals surface area contributed by atoms with Crippen LogP contribution in [0.25, 0.3) is 22.2 Å². The molecule has 0 unspecified atom stereocenters. The number of anilines is 1. The first-order valence-corrected chi connectivity index (χ1v) is 10.7. The number of H-pyrrole nitrogens is 2. The van der Waals surface area contributed by atoms with Gasteiger partial charge in [-0.3, -0.25) is 14.3 Å². The molecule has 0 aliphatic rings. The van der Waals surface area contributed by atoms with Gasteiger partial charge in [0, 0.05) is 5.69 Å². The number of benzene rings is 3. The molecule has 0 amide bonds. The van der Waals surface area contributed by atoms with Crippen LogP contribution in [0.15, 0.2) is 75.1 Å². The van der Waals surface area contributed by atoms with Crippen LogP contribution in [0.5, 0.6) is 0 Å². The van der Waals surface area contributed by atoms with E-state index in [0.29, 0.717) is 16.8 Å². The van der Waals surface area contributed by atoms with Crippen molar-refractivity contribution in [3.05, 3.63) is 92.5 Å². The molecule has 8 heteroatoms. The van der Waals surface area contributed by atoms with Gasteiger partial charge in [0.2, 0.25) is 0 Å². The van der Waals surface area contributed by atoms with Crippen molar-refractivity contribution in [2.75, 3.05) is 4.72 Å². The first-order chi connectivity index (χ1) is 14.2. The van der Waals surface area contributed by atoms with E-state index in [4.69, 9.17) is 0 Å². The number of rotatable bonds is 4. The Balaban J connectivity index is 1.72. The Bertz CT molecular complexity index is 1490. The lowest BCUT2D eigenvalue weighted by molar-refractivity contribution is 0.600. The number of aromatic nitrogens is 2. The zero-order valence-electron chi connectivity index (χ0n) is 16.3. The van der Waals surface area contributed by atoms with Gasteiger partial charge in [-0.05, 0) is 60.4 Å². The molecule has 7 nitrogen and oxygen atoms in total. The third-order valence-corrected chi connectivity index (χ3v) is 6.39. The molecule has 152 valence electrons. The Labute approximate surface area is 172 Å². The maximum Gasteiger partial charge on any atom is 0.314 e. The number of aryl methyl sites for hydroxylation is 2. The van der Waals surface area contributed by atoms with Gasteiger partial charge in [-0.2, -0.15) is 0 Å². The van der Waals surface area contributed by atoms with Crippen LogP contribution in [-0.4, -0.2) is 18.4 Å². The predicted molar refractivity (Wildman–Crippen MR) is 117 cm³/mol. The maximum atomic E-state index is 13.0. The summed E-state index contributed by atoms with van der Waals surface area (Å²) in [6.45, 7) is 3.55. The van der Waals surface area contributed by atoms with Crippen molar-refractivity contribution < 1.29 is 8.42 Å². The Morgan fingerprint density at radius 3 is 2.03 bits per heavy atom. The lowest BCUT2D eigenvalue weighted by atomic mass is 10.0. The first-order valence-electron chi connectivity index (χ1n) is 9.20. The minimum Gasteiger partial charge on any atom is -0.316 e. The van der Waals surface area contributed by atoms with Crippen LogP contribution in [0.3, 0.4) is 0 Å². The minimum absolute atomic E-state index is 0.0162. The van der Waals surface area contributed by atoms with E-state index in [9.17, 15) is 18.0 Å². The third kappa shape index (κ3) is 3.65. The molecule has 0 fully saturated rings. The summed E-state index contributed by atoms with van der Waals surface area (Å²) in [5.41, 5.74) is 2.84. The second kappa shape index (κ2) is 7.31. The van der Waals surface area contributed by atoms with E-state index in [-0.39, 0.29) is 10.4 Å². The standard InChI is InChI=1S/C22H19N3O4S/c1-13-10-16(8-9-17(13)15-6-4-3-5-7-15)25-30(28,29)20-12-19-18(11-14(20)2)23-21(26)22(27)24-19/h3-12,25H,1-2H3,(H,23,26)(H,24,27). The number of hydrogen-bond acceptors (Lipinski definition) is 4. The van der Waals surface area contributed by atoms with E-state index in [1.165, 1.54) is 12.1 Å². The fourth-order valence-corrected chi connectivity index (χ4v) is 4.72. The summed E-state index contributed by atoms with van der Waals surface area (Å²) in [5, 5.41) is 0. The highest BCUT2D eigenvalue weighted by atomic mass is 32.2. The van der Waals surface area contributed by atoms with Crippen LogP contribution in [0.4, 0.5) is 5.69 Å². The molecule has 4 rings (SSSR count). The van der Waals surface area contributed by atoms with Gasteiger partial charge in [-0.25, -0.2) is 8.42 Å². The molecular formula is C22H19N3O4S.